The molecule has 0 heterocycles. The van der Waals surface area contributed by atoms with Gasteiger partial charge in [-0.3, -0.25) is 0 Å². The molecule has 0 aliphatic rings. The third-order valence-corrected chi connectivity index (χ3v) is 3.71. The number of unbranched alkanes of at least 4 members (excludes halogenated alkanes) is 11. The fourth-order valence-corrected chi connectivity index (χ4v) is 2.38. The van der Waals surface area contributed by atoms with Crippen LogP contribution in [0.25, 0.3) is 0 Å². The Morgan fingerprint density at radius 1 is 0.667 bits per heavy atom. The third-order valence-electron chi connectivity index (χ3n) is 3.29. The van der Waals surface area contributed by atoms with Crippen molar-refractivity contribution in [3.63, 3.8) is 0 Å². The molecule has 1 heteroatoms. The van der Waals surface area contributed by atoms with Crippen LogP contribution in [0.15, 0.2) is 22.3 Å². The average Bonchev–Trinajstić information content (AvgIpc) is 2.39. The number of rotatable bonds is 13. The van der Waals surface area contributed by atoms with Crippen LogP contribution in [0.5, 0.6) is 0 Å². The first-order valence-electron chi connectivity index (χ1n) is 7.83. The van der Waals surface area contributed by atoms with Crippen molar-refractivity contribution >= 4 is 22.6 Å². The molecule has 18 heavy (non-hydrogen) atoms. The molecule has 0 unspecified atom stereocenters. The molecule has 0 N–H and O–H groups in total. The normalized spacial score (nSPS) is 11.9. The Labute approximate surface area is 128 Å². The van der Waals surface area contributed by atoms with Crippen LogP contribution in [0.3, 0.4) is 0 Å². The van der Waals surface area contributed by atoms with E-state index >= 15 is 0 Å². The molecule has 0 spiro atoms. The van der Waals surface area contributed by atoms with Crippen LogP contribution < -0.4 is 0 Å². The largest absolute Gasteiger partial charge is 0.0845 e. The highest BCUT2D eigenvalue weighted by Gasteiger charge is 1.92. The summed E-state index contributed by atoms with van der Waals surface area (Å²) < 4.78 is 2.05. The van der Waals surface area contributed by atoms with Crippen molar-refractivity contribution in [3.05, 3.63) is 22.3 Å². The second kappa shape index (κ2) is 17.2. The van der Waals surface area contributed by atoms with Crippen molar-refractivity contribution in [2.24, 2.45) is 0 Å². The zero-order valence-corrected chi connectivity index (χ0v) is 14.3. The molecule has 0 aromatic heterocycles. The summed E-state index contributed by atoms with van der Waals surface area (Å²) in [4.78, 5) is 0. The zero-order chi connectivity index (χ0) is 13.3. The van der Waals surface area contributed by atoms with Crippen molar-refractivity contribution in [1.29, 1.82) is 0 Å². The molecule has 0 amide bonds. The highest BCUT2D eigenvalue weighted by Crippen LogP contribution is 2.11. The van der Waals surface area contributed by atoms with Gasteiger partial charge in [0.15, 0.2) is 0 Å². The van der Waals surface area contributed by atoms with Crippen LogP contribution in [0.2, 0.25) is 0 Å². The van der Waals surface area contributed by atoms with E-state index in [0.29, 0.717) is 0 Å². The molecule has 0 radical (unpaired) electrons. The molecule has 0 aromatic carbocycles. The molecule has 0 aliphatic carbocycles. The van der Waals surface area contributed by atoms with E-state index < -0.39 is 0 Å². The van der Waals surface area contributed by atoms with Crippen LogP contribution in [0.1, 0.15) is 84.0 Å². The minimum atomic E-state index is 1.25. The van der Waals surface area contributed by atoms with Gasteiger partial charge in [-0.2, -0.15) is 0 Å². The third kappa shape index (κ3) is 16.2. The van der Waals surface area contributed by atoms with Crippen LogP contribution in [0, 0.1) is 0 Å². The quantitative estimate of drug-likeness (QED) is 0.185. The van der Waals surface area contributed by atoms with Crippen molar-refractivity contribution in [2.45, 2.75) is 84.0 Å². The van der Waals surface area contributed by atoms with Gasteiger partial charge >= 0.3 is 0 Å². The lowest BCUT2D eigenvalue weighted by Gasteiger charge is -2.01. The molecule has 0 atom stereocenters. The lowest BCUT2D eigenvalue weighted by molar-refractivity contribution is 0.550. The van der Waals surface area contributed by atoms with Crippen LogP contribution in [-0.4, -0.2) is 0 Å². The smallest absolute Gasteiger partial charge is 0.0234 e. The number of halogens is 1. The van der Waals surface area contributed by atoms with Gasteiger partial charge < -0.3 is 0 Å². The van der Waals surface area contributed by atoms with E-state index in [1.807, 2.05) is 0 Å². The van der Waals surface area contributed by atoms with E-state index in [1.54, 1.807) is 0 Å². The fraction of sp³-hybridized carbons (Fsp3) is 0.765. The zero-order valence-electron chi connectivity index (χ0n) is 12.2. The van der Waals surface area contributed by atoms with Crippen LogP contribution >= 0.6 is 22.6 Å². The summed E-state index contributed by atoms with van der Waals surface area (Å²) in [5.41, 5.74) is 0. The van der Waals surface area contributed by atoms with Crippen molar-refractivity contribution in [3.8, 4) is 0 Å². The summed E-state index contributed by atoms with van der Waals surface area (Å²) in [6.07, 6.45) is 23.5. The highest BCUT2D eigenvalue weighted by molar-refractivity contribution is 14.1. The highest BCUT2D eigenvalue weighted by atomic mass is 127. The summed E-state index contributed by atoms with van der Waals surface area (Å²) in [6, 6.07) is 0. The van der Waals surface area contributed by atoms with Crippen molar-refractivity contribution in [1.82, 2.24) is 0 Å². The van der Waals surface area contributed by atoms with E-state index in [-0.39, 0.29) is 0 Å². The second-order valence-corrected chi connectivity index (χ2v) is 5.79. The Morgan fingerprint density at radius 2 is 1.17 bits per heavy atom. The van der Waals surface area contributed by atoms with Gasteiger partial charge in [0.1, 0.15) is 0 Å². The molecule has 0 saturated carbocycles. The molecule has 0 aliphatic heterocycles. The van der Waals surface area contributed by atoms with Gasteiger partial charge in [0, 0.05) is 0 Å². The average molecular weight is 362 g/mol. The predicted molar refractivity (Wildman–Crippen MR) is 93.4 cm³/mol. The van der Waals surface area contributed by atoms with Gasteiger partial charge in [-0.15, -0.1) is 0 Å². The van der Waals surface area contributed by atoms with Gasteiger partial charge in [0.2, 0.25) is 0 Å². The Hall–Kier alpha value is 0.210. The van der Waals surface area contributed by atoms with E-state index in [2.05, 4.69) is 51.8 Å². The Balaban J connectivity index is 2.98. The lowest BCUT2D eigenvalue weighted by atomic mass is 10.1. The molecular formula is C17H31I. The summed E-state index contributed by atoms with van der Waals surface area (Å²) in [5.74, 6) is 0. The van der Waals surface area contributed by atoms with E-state index in [9.17, 15) is 0 Å². The molecule has 0 fully saturated rings. The van der Waals surface area contributed by atoms with Gasteiger partial charge in [0.25, 0.3) is 0 Å². The summed E-state index contributed by atoms with van der Waals surface area (Å²) in [6.45, 7) is 2.29. The lowest BCUT2D eigenvalue weighted by Crippen LogP contribution is -1.81. The summed E-state index contributed by atoms with van der Waals surface area (Å²) in [7, 11) is 0. The Kier molecular flexibility index (Phi) is 17.4. The SMILES string of the molecule is CCCCCCCCCCCCC/C=C/C=C/I. The second-order valence-electron chi connectivity index (χ2n) is 5.07. The number of allylic oxidation sites excluding steroid dienone is 3. The van der Waals surface area contributed by atoms with Crippen molar-refractivity contribution in [2.75, 3.05) is 0 Å². The van der Waals surface area contributed by atoms with Gasteiger partial charge in [-0.1, -0.05) is 112 Å². The minimum absolute atomic E-state index is 1.25. The van der Waals surface area contributed by atoms with Crippen molar-refractivity contribution < 1.29 is 0 Å². The van der Waals surface area contributed by atoms with E-state index in [1.165, 1.54) is 77.0 Å². The molecule has 0 aromatic rings. The fourth-order valence-electron chi connectivity index (χ4n) is 2.14. The van der Waals surface area contributed by atoms with Gasteiger partial charge in [-0.05, 0) is 16.9 Å². The maximum absolute atomic E-state index is 2.29. The first-order chi connectivity index (χ1) is 8.91. The molecule has 0 nitrogen and oxygen atoms in total. The standard InChI is InChI=1S/C17H31I/c1-2-3-4-5-6-7-8-9-10-11-12-13-14-15-16-17-18/h14-17H,2-13H2,1H3/b15-14+,17-16+. The molecule has 106 valence electrons. The van der Waals surface area contributed by atoms with Crippen LogP contribution in [0.4, 0.5) is 0 Å². The van der Waals surface area contributed by atoms with Crippen LogP contribution in [-0.2, 0) is 0 Å². The Morgan fingerprint density at radius 3 is 1.67 bits per heavy atom. The maximum Gasteiger partial charge on any atom is -0.0234 e. The number of hydrogen-bond acceptors (Lipinski definition) is 0. The van der Waals surface area contributed by atoms with E-state index in [0.717, 1.165) is 0 Å². The first kappa shape index (κ1) is 18.2. The topological polar surface area (TPSA) is 0 Å². The first-order valence-corrected chi connectivity index (χ1v) is 9.08. The molecule has 0 bridgehead atoms. The Bertz CT molecular complexity index is 194. The molecule has 0 saturated heterocycles. The predicted octanol–water partition coefficient (Wildman–Crippen LogP) is 7.19. The van der Waals surface area contributed by atoms with Gasteiger partial charge in [-0.25, -0.2) is 0 Å². The summed E-state index contributed by atoms with van der Waals surface area (Å²) in [5, 5.41) is 0. The monoisotopic (exact) mass is 362 g/mol. The molecular weight excluding hydrogens is 331 g/mol. The molecule has 0 rings (SSSR count). The number of hydrogen-bond donors (Lipinski definition) is 0. The summed E-state index contributed by atoms with van der Waals surface area (Å²) >= 11 is 2.25. The van der Waals surface area contributed by atoms with E-state index in [4.69, 9.17) is 0 Å². The minimum Gasteiger partial charge on any atom is -0.0845 e. The van der Waals surface area contributed by atoms with Gasteiger partial charge in [0.05, 0.1) is 0 Å². The maximum atomic E-state index is 2.29.